The average Bonchev–Trinajstić information content (AvgIpc) is 2.61. The number of aromatic nitrogens is 2. The normalized spacial score (nSPS) is 26.4. The van der Waals surface area contributed by atoms with Gasteiger partial charge in [0.2, 0.25) is 4.99 Å². The quantitative estimate of drug-likeness (QED) is 0.356. The third kappa shape index (κ3) is 2.13. The third-order valence-corrected chi connectivity index (χ3v) is 3.62. The summed E-state index contributed by atoms with van der Waals surface area (Å²) in [6, 6.07) is 1.70. The summed E-state index contributed by atoms with van der Waals surface area (Å²) in [6.45, 7) is 4.14. The molecule has 7 nitrogen and oxygen atoms in total. The van der Waals surface area contributed by atoms with Gasteiger partial charge >= 0.3 is 6.17 Å². The molecule has 0 aromatic carbocycles. The topological polar surface area (TPSA) is 81.3 Å². The highest BCUT2D eigenvalue weighted by Gasteiger charge is 2.54. The zero-order chi connectivity index (χ0) is 14.2. The lowest BCUT2D eigenvalue weighted by Crippen LogP contribution is -2.58. The molecule has 19 heavy (non-hydrogen) atoms. The predicted octanol–water partition coefficient (Wildman–Crippen LogP) is 0.942. The standard InChI is InChI=1S/C11H14N5O2S/c1-4-16(3)9(8-5-6-12-7(2)13-8)14-10(19)11(16)15(17)18/h5-6,11H,4H2,1-3H3/q+1. The second-order valence-electron chi connectivity index (χ2n) is 4.51. The molecular weight excluding hydrogens is 266 g/mol. The molecule has 100 valence electrons. The lowest BCUT2D eigenvalue weighted by Gasteiger charge is -2.28. The van der Waals surface area contributed by atoms with Crippen molar-refractivity contribution in [3.8, 4) is 0 Å². The highest BCUT2D eigenvalue weighted by molar-refractivity contribution is 7.80. The van der Waals surface area contributed by atoms with Crippen LogP contribution in [-0.2, 0) is 0 Å². The zero-order valence-corrected chi connectivity index (χ0v) is 11.7. The average molecular weight is 280 g/mol. The molecule has 2 unspecified atom stereocenters. The van der Waals surface area contributed by atoms with Gasteiger partial charge in [0.15, 0.2) is 0 Å². The van der Waals surface area contributed by atoms with Crippen molar-refractivity contribution in [1.82, 2.24) is 9.97 Å². The Bertz CT molecular complexity index is 588. The van der Waals surface area contributed by atoms with E-state index in [2.05, 4.69) is 15.0 Å². The van der Waals surface area contributed by atoms with Crippen LogP contribution in [0.2, 0.25) is 0 Å². The molecule has 0 spiro atoms. The zero-order valence-electron chi connectivity index (χ0n) is 10.9. The van der Waals surface area contributed by atoms with E-state index in [-0.39, 0.29) is 14.4 Å². The summed E-state index contributed by atoms with van der Waals surface area (Å²) >= 11 is 5.05. The number of aliphatic imine (C=N–C) groups is 1. The van der Waals surface area contributed by atoms with Crippen molar-refractivity contribution in [3.63, 3.8) is 0 Å². The minimum absolute atomic E-state index is 0.0300. The van der Waals surface area contributed by atoms with Crippen LogP contribution >= 0.6 is 12.2 Å². The van der Waals surface area contributed by atoms with Gasteiger partial charge < -0.3 is 0 Å². The number of amidine groups is 1. The molecule has 2 atom stereocenters. The van der Waals surface area contributed by atoms with Crippen LogP contribution in [-0.4, -0.2) is 50.0 Å². The molecule has 0 amide bonds. The van der Waals surface area contributed by atoms with Crippen molar-refractivity contribution in [3.05, 3.63) is 33.9 Å². The molecule has 0 radical (unpaired) electrons. The summed E-state index contributed by atoms with van der Waals surface area (Å²) in [5, 5.41) is 11.2. The maximum Gasteiger partial charge on any atom is 0.395 e. The number of nitrogens with zero attached hydrogens (tertiary/aromatic N) is 5. The second kappa shape index (κ2) is 4.71. The first-order chi connectivity index (χ1) is 8.90. The number of thiocarbonyl (C=S) groups is 1. The largest absolute Gasteiger partial charge is 0.395 e. The highest BCUT2D eigenvalue weighted by Crippen LogP contribution is 2.25. The Morgan fingerprint density at radius 3 is 2.79 bits per heavy atom. The Morgan fingerprint density at radius 2 is 2.26 bits per heavy atom. The van der Waals surface area contributed by atoms with E-state index >= 15 is 0 Å². The summed E-state index contributed by atoms with van der Waals surface area (Å²) in [5.74, 6) is 1.12. The summed E-state index contributed by atoms with van der Waals surface area (Å²) in [5.41, 5.74) is 0.587. The van der Waals surface area contributed by atoms with E-state index in [1.54, 1.807) is 26.2 Å². The maximum atomic E-state index is 11.2. The van der Waals surface area contributed by atoms with E-state index in [0.29, 0.717) is 23.9 Å². The summed E-state index contributed by atoms with van der Waals surface area (Å²) in [4.78, 5) is 23.5. The fourth-order valence-corrected chi connectivity index (χ4v) is 2.56. The number of aryl methyl sites for hydroxylation is 1. The number of hydrogen-bond donors (Lipinski definition) is 0. The molecule has 0 aliphatic carbocycles. The summed E-state index contributed by atoms with van der Waals surface area (Å²) < 4.78 is 0.0300. The Balaban J connectivity index is 2.54. The van der Waals surface area contributed by atoms with Crippen LogP contribution in [0.1, 0.15) is 18.4 Å². The van der Waals surface area contributed by atoms with Gasteiger partial charge in [-0.3, -0.25) is 10.1 Å². The number of nitro groups is 1. The first-order valence-electron chi connectivity index (χ1n) is 5.82. The van der Waals surface area contributed by atoms with Crippen molar-refractivity contribution in [2.24, 2.45) is 4.99 Å². The summed E-state index contributed by atoms with van der Waals surface area (Å²) in [6.07, 6.45) is 0.591. The third-order valence-electron chi connectivity index (χ3n) is 3.32. The smallest absolute Gasteiger partial charge is 0.259 e. The lowest BCUT2D eigenvalue weighted by atomic mass is 10.2. The number of rotatable bonds is 3. The predicted molar refractivity (Wildman–Crippen MR) is 73.4 cm³/mol. The molecule has 0 bridgehead atoms. The van der Waals surface area contributed by atoms with Crippen molar-refractivity contribution < 1.29 is 9.41 Å². The van der Waals surface area contributed by atoms with Crippen LogP contribution < -0.4 is 0 Å². The van der Waals surface area contributed by atoms with Crippen molar-refractivity contribution >= 4 is 23.0 Å². The molecule has 1 aliphatic rings. The SMILES string of the molecule is CC[N+]1(C)C(c2ccnc(C)n2)=NC(=S)C1[N+](=O)[O-]. The Labute approximate surface area is 115 Å². The van der Waals surface area contributed by atoms with Crippen molar-refractivity contribution in [2.45, 2.75) is 20.0 Å². The maximum absolute atomic E-state index is 11.2. The molecule has 0 fully saturated rings. The van der Waals surface area contributed by atoms with E-state index in [1.807, 2.05) is 6.92 Å². The Morgan fingerprint density at radius 1 is 1.58 bits per heavy atom. The molecule has 2 heterocycles. The van der Waals surface area contributed by atoms with E-state index in [4.69, 9.17) is 12.2 Å². The number of hydrogen-bond acceptors (Lipinski definition) is 5. The van der Waals surface area contributed by atoms with E-state index in [9.17, 15) is 10.1 Å². The molecule has 8 heteroatoms. The minimum atomic E-state index is -1.02. The molecule has 0 saturated carbocycles. The monoisotopic (exact) mass is 280 g/mol. The van der Waals surface area contributed by atoms with Crippen LogP contribution in [0.15, 0.2) is 17.3 Å². The van der Waals surface area contributed by atoms with Crippen LogP contribution in [0, 0.1) is 17.0 Å². The fraction of sp³-hybridized carbons (Fsp3) is 0.455. The van der Waals surface area contributed by atoms with Crippen LogP contribution in [0.5, 0.6) is 0 Å². The van der Waals surface area contributed by atoms with E-state index in [1.165, 1.54) is 0 Å². The van der Waals surface area contributed by atoms with Gasteiger partial charge in [0, 0.05) is 6.20 Å². The van der Waals surface area contributed by atoms with Gasteiger partial charge in [0.25, 0.3) is 5.84 Å². The van der Waals surface area contributed by atoms with Gasteiger partial charge in [-0.25, -0.2) is 14.5 Å². The van der Waals surface area contributed by atoms with Crippen molar-refractivity contribution in [2.75, 3.05) is 13.6 Å². The molecule has 0 N–H and O–H groups in total. The second-order valence-corrected chi connectivity index (χ2v) is 4.92. The number of quaternary nitrogens is 1. The van der Waals surface area contributed by atoms with Gasteiger partial charge in [0.1, 0.15) is 11.5 Å². The van der Waals surface area contributed by atoms with Gasteiger partial charge in [-0.15, -0.1) is 0 Å². The first-order valence-corrected chi connectivity index (χ1v) is 6.22. The van der Waals surface area contributed by atoms with E-state index in [0.717, 1.165) is 0 Å². The Hall–Kier alpha value is -1.80. The molecular formula is C11H14N5O2S+. The molecule has 1 aromatic heterocycles. The highest BCUT2D eigenvalue weighted by atomic mass is 32.1. The minimum Gasteiger partial charge on any atom is -0.259 e. The van der Waals surface area contributed by atoms with Gasteiger partial charge in [-0.2, -0.15) is 4.99 Å². The first kappa shape index (κ1) is 13.6. The molecule has 1 aliphatic heterocycles. The van der Waals surface area contributed by atoms with Gasteiger partial charge in [-0.05, 0) is 32.1 Å². The fourth-order valence-electron chi connectivity index (χ4n) is 2.16. The van der Waals surface area contributed by atoms with Crippen LogP contribution in [0.4, 0.5) is 0 Å². The van der Waals surface area contributed by atoms with Crippen LogP contribution in [0.25, 0.3) is 0 Å². The van der Waals surface area contributed by atoms with Crippen LogP contribution in [0.3, 0.4) is 0 Å². The lowest BCUT2D eigenvalue weighted by molar-refractivity contribution is -0.921. The van der Waals surface area contributed by atoms with Gasteiger partial charge in [-0.1, -0.05) is 0 Å². The summed E-state index contributed by atoms with van der Waals surface area (Å²) in [7, 11) is 1.75. The number of likely N-dealkylation sites (N-methyl/N-ethyl adjacent to an activating group) is 1. The Kier molecular flexibility index (Phi) is 3.38. The van der Waals surface area contributed by atoms with Crippen molar-refractivity contribution in [1.29, 1.82) is 0 Å². The molecule has 1 aromatic rings. The molecule has 2 rings (SSSR count). The molecule has 0 saturated heterocycles. The van der Waals surface area contributed by atoms with Gasteiger partial charge in [0.05, 0.1) is 18.5 Å². The van der Waals surface area contributed by atoms with E-state index < -0.39 is 6.17 Å².